The fraction of sp³-hybridized carbons (Fsp3) is 1.00. The number of sulfone groups is 1. The van der Waals surface area contributed by atoms with Crippen molar-refractivity contribution in [3.63, 3.8) is 0 Å². The summed E-state index contributed by atoms with van der Waals surface area (Å²) in [6, 6.07) is 0.972. The maximum Gasteiger partial charge on any atom is 0.147 e. The van der Waals surface area contributed by atoms with Crippen molar-refractivity contribution in [3.05, 3.63) is 0 Å². The van der Waals surface area contributed by atoms with Gasteiger partial charge in [0.2, 0.25) is 0 Å². The summed E-state index contributed by atoms with van der Waals surface area (Å²) in [4.78, 5) is 2.29. The average Bonchev–Trinajstić information content (AvgIpc) is 2.16. The fourth-order valence-corrected chi connectivity index (χ4v) is 2.95. The minimum atomic E-state index is -2.81. The van der Waals surface area contributed by atoms with Gasteiger partial charge in [-0.1, -0.05) is 0 Å². The monoisotopic (exact) mass is 248 g/mol. The van der Waals surface area contributed by atoms with Crippen molar-refractivity contribution in [3.8, 4) is 0 Å². The van der Waals surface area contributed by atoms with Crippen LogP contribution in [0.25, 0.3) is 0 Å². The second kappa shape index (κ2) is 5.98. The van der Waals surface area contributed by atoms with Crippen LogP contribution in [0, 0.1) is 0 Å². The second-order valence-corrected chi connectivity index (χ2v) is 7.29. The summed E-state index contributed by atoms with van der Waals surface area (Å²) in [7, 11) is -0.719. The molecule has 0 spiro atoms. The Labute approximate surface area is 99.1 Å². The Morgan fingerprint density at radius 1 is 1.25 bits per heavy atom. The molecule has 1 saturated carbocycles. The Morgan fingerprint density at radius 2 is 1.81 bits per heavy atom. The molecular formula is C11H24N2O2S. The van der Waals surface area contributed by atoms with Crippen LogP contribution >= 0.6 is 0 Å². The zero-order valence-corrected chi connectivity index (χ0v) is 11.2. The zero-order chi connectivity index (χ0) is 12.2. The van der Waals surface area contributed by atoms with Crippen LogP contribution < -0.4 is 5.73 Å². The SMILES string of the molecule is CN(CCCS(C)(=O)=O)C1CCC(N)CC1. The molecule has 0 amide bonds. The smallest absolute Gasteiger partial charge is 0.147 e. The highest BCUT2D eigenvalue weighted by Gasteiger charge is 2.21. The van der Waals surface area contributed by atoms with Gasteiger partial charge in [-0.25, -0.2) is 8.42 Å². The van der Waals surface area contributed by atoms with Crippen LogP contribution in [0.3, 0.4) is 0 Å². The number of hydrogen-bond acceptors (Lipinski definition) is 4. The molecule has 2 N–H and O–H groups in total. The predicted molar refractivity (Wildman–Crippen MR) is 67.2 cm³/mol. The van der Waals surface area contributed by atoms with Gasteiger partial charge in [-0.2, -0.15) is 0 Å². The first-order chi connectivity index (χ1) is 7.38. The van der Waals surface area contributed by atoms with Crippen molar-refractivity contribution in [2.75, 3.05) is 25.6 Å². The van der Waals surface area contributed by atoms with E-state index < -0.39 is 9.84 Å². The van der Waals surface area contributed by atoms with Crippen LogP contribution in [-0.2, 0) is 9.84 Å². The summed E-state index contributed by atoms with van der Waals surface area (Å²) >= 11 is 0. The van der Waals surface area contributed by atoms with Gasteiger partial charge in [0, 0.05) is 18.3 Å². The van der Waals surface area contributed by atoms with Crippen molar-refractivity contribution in [1.29, 1.82) is 0 Å². The van der Waals surface area contributed by atoms with Crippen LogP contribution in [0.2, 0.25) is 0 Å². The lowest BCUT2D eigenvalue weighted by Crippen LogP contribution is -2.39. The van der Waals surface area contributed by atoms with Crippen LogP contribution in [0.1, 0.15) is 32.1 Å². The first-order valence-corrected chi connectivity index (χ1v) is 8.08. The van der Waals surface area contributed by atoms with E-state index in [1.807, 2.05) is 0 Å². The first-order valence-electron chi connectivity index (χ1n) is 6.02. The quantitative estimate of drug-likeness (QED) is 0.775. The lowest BCUT2D eigenvalue weighted by Gasteiger charge is -2.33. The Bertz CT molecular complexity index is 295. The molecule has 0 aromatic heterocycles. The molecule has 4 nitrogen and oxygen atoms in total. The molecule has 0 radical (unpaired) electrons. The summed E-state index contributed by atoms with van der Waals surface area (Å²) in [5.41, 5.74) is 5.86. The fourth-order valence-electron chi connectivity index (χ4n) is 2.30. The summed E-state index contributed by atoms with van der Waals surface area (Å²) in [6.07, 6.45) is 6.53. The van der Waals surface area contributed by atoms with Crippen LogP contribution in [0.4, 0.5) is 0 Å². The maximum atomic E-state index is 11.0. The van der Waals surface area contributed by atoms with Crippen LogP contribution in [0.15, 0.2) is 0 Å². The van der Waals surface area contributed by atoms with Gasteiger partial charge < -0.3 is 10.6 Å². The Balaban J connectivity index is 2.22. The van der Waals surface area contributed by atoms with Crippen molar-refractivity contribution < 1.29 is 8.42 Å². The first kappa shape index (κ1) is 13.9. The average molecular weight is 248 g/mol. The van der Waals surface area contributed by atoms with E-state index in [-0.39, 0.29) is 0 Å². The van der Waals surface area contributed by atoms with Gasteiger partial charge in [-0.05, 0) is 45.7 Å². The van der Waals surface area contributed by atoms with E-state index in [2.05, 4.69) is 11.9 Å². The molecule has 1 aliphatic carbocycles. The molecule has 5 heteroatoms. The van der Waals surface area contributed by atoms with E-state index in [9.17, 15) is 8.42 Å². The number of hydrogen-bond donors (Lipinski definition) is 1. The minimum absolute atomic E-state index is 0.295. The Hall–Kier alpha value is -0.130. The minimum Gasteiger partial charge on any atom is -0.328 e. The van der Waals surface area contributed by atoms with E-state index in [0.29, 0.717) is 17.8 Å². The molecule has 0 aromatic rings. The third kappa shape index (κ3) is 5.27. The second-order valence-electron chi connectivity index (χ2n) is 5.03. The third-order valence-corrected chi connectivity index (χ3v) is 4.42. The van der Waals surface area contributed by atoms with Gasteiger partial charge in [0.05, 0.1) is 5.75 Å². The molecule has 0 bridgehead atoms. The highest BCUT2D eigenvalue weighted by molar-refractivity contribution is 7.90. The van der Waals surface area contributed by atoms with Gasteiger partial charge in [-0.3, -0.25) is 0 Å². The third-order valence-electron chi connectivity index (χ3n) is 3.39. The maximum absolute atomic E-state index is 11.0. The molecule has 16 heavy (non-hydrogen) atoms. The van der Waals surface area contributed by atoms with E-state index in [4.69, 9.17) is 5.73 Å². The van der Waals surface area contributed by atoms with Crippen LogP contribution in [-0.4, -0.2) is 51.0 Å². The topological polar surface area (TPSA) is 63.4 Å². The summed E-state index contributed by atoms with van der Waals surface area (Å²) in [5, 5.41) is 0. The lowest BCUT2D eigenvalue weighted by molar-refractivity contribution is 0.183. The normalized spacial score (nSPS) is 27.2. The van der Waals surface area contributed by atoms with Gasteiger partial charge in [0.25, 0.3) is 0 Å². The van der Waals surface area contributed by atoms with Gasteiger partial charge >= 0.3 is 0 Å². The Morgan fingerprint density at radius 3 is 2.31 bits per heavy atom. The van der Waals surface area contributed by atoms with Crippen molar-refractivity contribution in [1.82, 2.24) is 4.90 Å². The molecule has 0 unspecified atom stereocenters. The number of nitrogens with zero attached hydrogens (tertiary/aromatic N) is 1. The van der Waals surface area contributed by atoms with E-state index >= 15 is 0 Å². The van der Waals surface area contributed by atoms with Gasteiger partial charge in [0.1, 0.15) is 9.84 Å². The molecule has 1 rings (SSSR count). The van der Waals surface area contributed by atoms with Crippen LogP contribution in [0.5, 0.6) is 0 Å². The number of rotatable bonds is 5. The molecule has 96 valence electrons. The molecule has 1 fully saturated rings. The molecule has 0 aromatic carbocycles. The molecule has 0 aliphatic heterocycles. The summed E-state index contributed by atoms with van der Waals surface area (Å²) in [5.74, 6) is 0.295. The van der Waals surface area contributed by atoms with Crippen molar-refractivity contribution >= 4 is 9.84 Å². The lowest BCUT2D eigenvalue weighted by atomic mass is 9.91. The summed E-state index contributed by atoms with van der Waals surface area (Å²) < 4.78 is 22.0. The highest BCUT2D eigenvalue weighted by Crippen LogP contribution is 2.21. The predicted octanol–water partition coefficient (Wildman–Crippen LogP) is 0.623. The van der Waals surface area contributed by atoms with E-state index in [1.165, 1.54) is 6.26 Å². The molecule has 0 atom stereocenters. The molecular weight excluding hydrogens is 224 g/mol. The zero-order valence-electron chi connectivity index (χ0n) is 10.4. The molecule has 0 saturated heterocycles. The van der Waals surface area contributed by atoms with E-state index in [0.717, 1.165) is 38.6 Å². The van der Waals surface area contributed by atoms with E-state index in [1.54, 1.807) is 0 Å². The van der Waals surface area contributed by atoms with Crippen molar-refractivity contribution in [2.24, 2.45) is 5.73 Å². The standard InChI is InChI=1S/C11H24N2O2S/c1-13(8-3-9-16(2,14)15)11-6-4-10(12)5-7-11/h10-11H,3-9,12H2,1-2H3. The highest BCUT2D eigenvalue weighted by atomic mass is 32.2. The number of nitrogens with two attached hydrogens (primary N) is 1. The Kier molecular flexibility index (Phi) is 5.21. The van der Waals surface area contributed by atoms with Gasteiger partial charge in [0.15, 0.2) is 0 Å². The molecule has 0 heterocycles. The van der Waals surface area contributed by atoms with Gasteiger partial charge in [-0.15, -0.1) is 0 Å². The molecule has 1 aliphatic rings. The largest absolute Gasteiger partial charge is 0.328 e. The van der Waals surface area contributed by atoms with Crippen molar-refractivity contribution in [2.45, 2.75) is 44.2 Å². The summed E-state index contributed by atoms with van der Waals surface area (Å²) in [6.45, 7) is 0.868.